The van der Waals surface area contributed by atoms with Crippen molar-refractivity contribution < 1.29 is 0 Å². The Morgan fingerprint density at radius 2 is 1.74 bits per heavy atom. The molecular formula is C24H27N3. The van der Waals surface area contributed by atoms with E-state index in [4.69, 9.17) is 0 Å². The van der Waals surface area contributed by atoms with E-state index in [-0.39, 0.29) is 0 Å². The van der Waals surface area contributed by atoms with Gasteiger partial charge in [-0.2, -0.15) is 0 Å². The largest absolute Gasteiger partial charge is 0.361 e. The molecule has 2 aromatic heterocycles. The zero-order valence-electron chi connectivity index (χ0n) is 16.1. The van der Waals surface area contributed by atoms with Gasteiger partial charge in [-0.05, 0) is 84.8 Å². The number of aromatic amines is 2. The molecule has 3 nitrogen and oxygen atoms in total. The van der Waals surface area contributed by atoms with E-state index < -0.39 is 0 Å². The summed E-state index contributed by atoms with van der Waals surface area (Å²) in [5.41, 5.74) is 7.92. The summed E-state index contributed by atoms with van der Waals surface area (Å²) < 4.78 is 0. The molecule has 0 saturated carbocycles. The van der Waals surface area contributed by atoms with Crippen molar-refractivity contribution in [2.24, 2.45) is 0 Å². The number of nitrogens with one attached hydrogen (secondary N) is 3. The molecule has 3 heterocycles. The molecule has 138 valence electrons. The van der Waals surface area contributed by atoms with Gasteiger partial charge in [0.25, 0.3) is 0 Å². The fourth-order valence-corrected chi connectivity index (χ4v) is 4.68. The van der Waals surface area contributed by atoms with Gasteiger partial charge in [0.15, 0.2) is 0 Å². The Bertz CT molecular complexity index is 1090. The maximum absolute atomic E-state index is 3.73. The molecule has 3 heteroatoms. The van der Waals surface area contributed by atoms with Gasteiger partial charge in [0.2, 0.25) is 0 Å². The van der Waals surface area contributed by atoms with Crippen molar-refractivity contribution in [2.45, 2.75) is 38.5 Å². The van der Waals surface area contributed by atoms with Gasteiger partial charge in [-0.25, -0.2) is 0 Å². The van der Waals surface area contributed by atoms with Crippen molar-refractivity contribution >= 4 is 21.8 Å². The van der Waals surface area contributed by atoms with E-state index in [0.29, 0.717) is 11.8 Å². The highest BCUT2D eigenvalue weighted by Crippen LogP contribution is 2.38. The van der Waals surface area contributed by atoms with E-state index >= 15 is 0 Å². The van der Waals surface area contributed by atoms with Crippen LogP contribution in [0.1, 0.15) is 49.7 Å². The molecule has 4 aromatic rings. The van der Waals surface area contributed by atoms with Crippen molar-refractivity contribution in [3.63, 3.8) is 0 Å². The predicted molar refractivity (Wildman–Crippen MR) is 115 cm³/mol. The van der Waals surface area contributed by atoms with Crippen LogP contribution in [0.25, 0.3) is 33.1 Å². The van der Waals surface area contributed by atoms with Crippen molar-refractivity contribution in [1.82, 2.24) is 15.3 Å². The quantitative estimate of drug-likeness (QED) is 0.419. The third-order valence-corrected chi connectivity index (χ3v) is 6.09. The third kappa shape index (κ3) is 2.87. The summed E-state index contributed by atoms with van der Waals surface area (Å²) in [6.45, 7) is 6.87. The average molecular weight is 358 g/mol. The predicted octanol–water partition coefficient (Wildman–Crippen LogP) is 5.91. The monoisotopic (exact) mass is 357 g/mol. The maximum atomic E-state index is 3.73. The fraction of sp³-hybridized carbons (Fsp3) is 0.333. The number of hydrogen-bond donors (Lipinski definition) is 3. The number of benzene rings is 2. The summed E-state index contributed by atoms with van der Waals surface area (Å²) in [4.78, 5) is 7.02. The second kappa shape index (κ2) is 6.58. The average Bonchev–Trinajstić information content (AvgIpc) is 3.31. The van der Waals surface area contributed by atoms with Crippen LogP contribution < -0.4 is 5.32 Å². The third-order valence-electron chi connectivity index (χ3n) is 6.09. The first kappa shape index (κ1) is 16.6. The molecule has 0 radical (unpaired) electrons. The summed E-state index contributed by atoms with van der Waals surface area (Å²) in [5, 5.41) is 6.13. The van der Waals surface area contributed by atoms with Crippen LogP contribution in [0.15, 0.2) is 48.7 Å². The van der Waals surface area contributed by atoms with Gasteiger partial charge in [-0.1, -0.05) is 26.0 Å². The Balaban J connectivity index is 1.66. The highest BCUT2D eigenvalue weighted by Gasteiger charge is 2.20. The van der Waals surface area contributed by atoms with Gasteiger partial charge in [0.1, 0.15) is 0 Å². The molecular weight excluding hydrogens is 330 g/mol. The van der Waals surface area contributed by atoms with Crippen molar-refractivity contribution in [1.29, 1.82) is 0 Å². The Labute approximate surface area is 160 Å². The van der Waals surface area contributed by atoms with Gasteiger partial charge in [0, 0.05) is 33.7 Å². The lowest BCUT2D eigenvalue weighted by atomic mass is 9.88. The lowest BCUT2D eigenvalue weighted by Gasteiger charge is -2.23. The molecule has 0 unspecified atom stereocenters. The molecule has 27 heavy (non-hydrogen) atoms. The summed E-state index contributed by atoms with van der Waals surface area (Å²) in [5.74, 6) is 1.16. The molecule has 0 atom stereocenters. The minimum Gasteiger partial charge on any atom is -0.361 e. The van der Waals surface area contributed by atoms with E-state index in [1.54, 1.807) is 0 Å². The normalized spacial score (nSPS) is 16.0. The zero-order chi connectivity index (χ0) is 18.4. The Hall–Kier alpha value is -2.52. The van der Waals surface area contributed by atoms with Crippen molar-refractivity contribution in [2.75, 3.05) is 13.1 Å². The molecule has 3 N–H and O–H groups in total. The smallest absolute Gasteiger partial charge is 0.0500 e. The van der Waals surface area contributed by atoms with Gasteiger partial charge in [0.05, 0.1) is 0 Å². The first-order valence-corrected chi connectivity index (χ1v) is 10.1. The van der Waals surface area contributed by atoms with Crippen LogP contribution in [0, 0.1) is 0 Å². The van der Waals surface area contributed by atoms with Crippen LogP contribution in [0.4, 0.5) is 0 Å². The van der Waals surface area contributed by atoms with Gasteiger partial charge in [-0.15, -0.1) is 0 Å². The molecule has 0 aliphatic carbocycles. The number of piperidine rings is 1. The molecule has 1 saturated heterocycles. The van der Waals surface area contributed by atoms with Gasteiger partial charge < -0.3 is 15.3 Å². The number of H-pyrrole nitrogens is 2. The second-order valence-electron chi connectivity index (χ2n) is 8.18. The molecule has 0 bridgehead atoms. The highest BCUT2D eigenvalue weighted by molar-refractivity contribution is 5.94. The first-order valence-electron chi connectivity index (χ1n) is 10.1. The van der Waals surface area contributed by atoms with Gasteiger partial charge >= 0.3 is 0 Å². The second-order valence-corrected chi connectivity index (χ2v) is 8.18. The molecule has 1 aliphatic rings. The van der Waals surface area contributed by atoms with Crippen molar-refractivity contribution in [3.8, 4) is 11.3 Å². The van der Waals surface area contributed by atoms with Crippen LogP contribution in [-0.4, -0.2) is 23.1 Å². The Kier molecular flexibility index (Phi) is 4.05. The first-order chi connectivity index (χ1) is 13.2. The number of aromatic nitrogens is 2. The Morgan fingerprint density at radius 1 is 0.926 bits per heavy atom. The van der Waals surface area contributed by atoms with E-state index in [2.05, 4.69) is 71.6 Å². The van der Waals surface area contributed by atoms with E-state index in [9.17, 15) is 0 Å². The molecule has 1 fully saturated rings. The molecule has 0 amide bonds. The van der Waals surface area contributed by atoms with Crippen LogP contribution in [-0.2, 0) is 0 Å². The lowest BCUT2D eigenvalue weighted by molar-refractivity contribution is 0.460. The molecule has 5 rings (SSSR count). The summed E-state index contributed by atoms with van der Waals surface area (Å²) in [7, 11) is 0. The number of hydrogen-bond acceptors (Lipinski definition) is 1. The number of fused-ring (bicyclic) bond motifs is 2. The highest BCUT2D eigenvalue weighted by atomic mass is 14.9. The summed E-state index contributed by atoms with van der Waals surface area (Å²) in [6, 6.07) is 15.9. The van der Waals surface area contributed by atoms with E-state index in [1.807, 2.05) is 6.20 Å². The SMILES string of the molecule is CC(C)c1c(-c2ccc3[nH]ccc3c2)[nH]c2ccc(C3CCNCC3)cc12. The fourth-order valence-electron chi connectivity index (χ4n) is 4.68. The zero-order valence-corrected chi connectivity index (χ0v) is 16.1. The van der Waals surface area contributed by atoms with E-state index in [0.717, 1.165) is 13.1 Å². The maximum Gasteiger partial charge on any atom is 0.0500 e. The Morgan fingerprint density at radius 3 is 2.56 bits per heavy atom. The standard InChI is InChI=1S/C24H27N3/c1-15(2)23-20-14-17(16-7-10-25-11-8-16)3-6-22(20)27-24(23)19-4-5-21-18(13-19)9-12-26-21/h3-6,9,12-16,25-27H,7-8,10-11H2,1-2H3. The topological polar surface area (TPSA) is 43.6 Å². The summed E-state index contributed by atoms with van der Waals surface area (Å²) in [6.07, 6.45) is 4.49. The summed E-state index contributed by atoms with van der Waals surface area (Å²) >= 11 is 0. The van der Waals surface area contributed by atoms with Crippen LogP contribution in [0.5, 0.6) is 0 Å². The molecule has 0 spiro atoms. The van der Waals surface area contributed by atoms with Crippen LogP contribution in [0.2, 0.25) is 0 Å². The van der Waals surface area contributed by atoms with Crippen LogP contribution in [0.3, 0.4) is 0 Å². The minimum absolute atomic E-state index is 0.471. The molecule has 1 aliphatic heterocycles. The van der Waals surface area contributed by atoms with Crippen LogP contribution >= 0.6 is 0 Å². The minimum atomic E-state index is 0.471. The lowest BCUT2D eigenvalue weighted by Crippen LogP contribution is -2.26. The van der Waals surface area contributed by atoms with E-state index in [1.165, 1.54) is 57.0 Å². The molecule has 2 aromatic carbocycles. The van der Waals surface area contributed by atoms with Crippen molar-refractivity contribution in [3.05, 3.63) is 59.8 Å². The van der Waals surface area contributed by atoms with Gasteiger partial charge in [-0.3, -0.25) is 0 Å². The number of rotatable bonds is 3.